The highest BCUT2D eigenvalue weighted by Gasteiger charge is 2.47. The number of nitrogens with two attached hydrogens (primary N) is 1. The van der Waals surface area contributed by atoms with Crippen molar-refractivity contribution in [3.05, 3.63) is 35.9 Å². The number of nitrogens with zero attached hydrogens (tertiary/aromatic N) is 2. The molecule has 1 fully saturated rings. The van der Waals surface area contributed by atoms with E-state index in [9.17, 15) is 14.7 Å². The molecule has 1 atom stereocenters. The van der Waals surface area contributed by atoms with Crippen molar-refractivity contribution in [3.8, 4) is 23.0 Å². The summed E-state index contributed by atoms with van der Waals surface area (Å²) in [7, 11) is 5.88. The Balaban J connectivity index is 2.18. The molecule has 31 heavy (non-hydrogen) atoms. The molecule has 3 N–H and O–H groups in total. The molecule has 1 saturated heterocycles. The molecule has 166 valence electrons. The molecule has 0 bridgehead atoms. The Labute approximate surface area is 179 Å². The van der Waals surface area contributed by atoms with Gasteiger partial charge in [0.05, 0.1) is 47.3 Å². The molecule has 0 spiro atoms. The molecule has 10 heteroatoms. The van der Waals surface area contributed by atoms with Gasteiger partial charge in [0.1, 0.15) is 11.8 Å². The SMILES string of the molecule is COc1ccc(N2C(=O)N(CCO)C(=O)C2c2cc(OC)c(OC)c(OC)c2)cc1N. The predicted octanol–water partition coefficient (Wildman–Crippen LogP) is 1.81. The van der Waals surface area contributed by atoms with Crippen LogP contribution in [-0.4, -0.2) is 63.5 Å². The van der Waals surface area contributed by atoms with E-state index in [2.05, 4.69) is 0 Å². The molecule has 2 aromatic rings. The summed E-state index contributed by atoms with van der Waals surface area (Å²) < 4.78 is 21.3. The Hall–Kier alpha value is -3.66. The lowest BCUT2D eigenvalue weighted by atomic mass is 10.0. The largest absolute Gasteiger partial charge is 0.495 e. The number of hydrogen-bond donors (Lipinski definition) is 2. The van der Waals surface area contributed by atoms with Gasteiger partial charge in [0, 0.05) is 5.69 Å². The number of carbonyl (C=O) groups excluding carboxylic acids is 2. The third-order valence-electron chi connectivity index (χ3n) is 5.01. The zero-order valence-electron chi connectivity index (χ0n) is 17.7. The molecule has 0 aromatic heterocycles. The van der Waals surface area contributed by atoms with Gasteiger partial charge in [-0.2, -0.15) is 0 Å². The average molecular weight is 431 g/mol. The lowest BCUT2D eigenvalue weighted by molar-refractivity contribution is -0.127. The monoisotopic (exact) mass is 431 g/mol. The number of hydrogen-bond acceptors (Lipinski definition) is 8. The third kappa shape index (κ3) is 3.77. The van der Waals surface area contributed by atoms with Crippen LogP contribution in [0.4, 0.5) is 16.2 Å². The number of nitrogen functional groups attached to an aromatic ring is 1. The molecule has 3 rings (SSSR count). The minimum Gasteiger partial charge on any atom is -0.495 e. The van der Waals surface area contributed by atoms with Gasteiger partial charge in [-0.1, -0.05) is 0 Å². The molecular weight excluding hydrogens is 406 g/mol. The van der Waals surface area contributed by atoms with E-state index in [1.807, 2.05) is 0 Å². The van der Waals surface area contributed by atoms with Crippen molar-refractivity contribution in [1.29, 1.82) is 0 Å². The lowest BCUT2D eigenvalue weighted by Gasteiger charge is -2.24. The van der Waals surface area contributed by atoms with Crippen LogP contribution in [0.1, 0.15) is 11.6 Å². The van der Waals surface area contributed by atoms with Crippen LogP contribution in [-0.2, 0) is 4.79 Å². The molecule has 10 nitrogen and oxygen atoms in total. The van der Waals surface area contributed by atoms with Crippen molar-refractivity contribution in [2.45, 2.75) is 6.04 Å². The number of β-amino-alcohol motifs (C(OH)–C–C–N with tert-alkyl or cyclic N) is 1. The first-order valence-corrected chi connectivity index (χ1v) is 9.40. The average Bonchev–Trinajstić information content (AvgIpc) is 3.02. The summed E-state index contributed by atoms with van der Waals surface area (Å²) in [5, 5.41) is 9.36. The van der Waals surface area contributed by atoms with Gasteiger partial charge in [0.2, 0.25) is 5.75 Å². The molecule has 0 radical (unpaired) electrons. The van der Waals surface area contributed by atoms with E-state index in [1.54, 1.807) is 30.3 Å². The zero-order chi connectivity index (χ0) is 22.7. The molecule has 0 saturated carbocycles. The smallest absolute Gasteiger partial charge is 0.332 e. The van der Waals surface area contributed by atoms with Crippen LogP contribution in [0.15, 0.2) is 30.3 Å². The highest BCUT2D eigenvalue weighted by Crippen LogP contribution is 2.44. The van der Waals surface area contributed by atoms with E-state index in [0.717, 1.165) is 4.90 Å². The Morgan fingerprint density at radius 3 is 2.03 bits per heavy atom. The van der Waals surface area contributed by atoms with E-state index >= 15 is 0 Å². The van der Waals surface area contributed by atoms with Gasteiger partial charge in [0.25, 0.3) is 5.91 Å². The summed E-state index contributed by atoms with van der Waals surface area (Å²) >= 11 is 0. The summed E-state index contributed by atoms with van der Waals surface area (Å²) in [4.78, 5) is 28.7. The van der Waals surface area contributed by atoms with E-state index < -0.39 is 18.0 Å². The second-order valence-corrected chi connectivity index (χ2v) is 6.65. The normalized spacial score (nSPS) is 16.0. The van der Waals surface area contributed by atoms with Crippen molar-refractivity contribution in [2.24, 2.45) is 0 Å². The maximum absolute atomic E-state index is 13.2. The van der Waals surface area contributed by atoms with Gasteiger partial charge in [-0.05, 0) is 35.9 Å². The molecule has 0 aliphatic carbocycles. The van der Waals surface area contributed by atoms with Gasteiger partial charge < -0.3 is 29.8 Å². The number of amides is 3. The number of aliphatic hydroxyl groups excluding tert-OH is 1. The third-order valence-corrected chi connectivity index (χ3v) is 5.01. The summed E-state index contributed by atoms with van der Waals surface area (Å²) in [5.74, 6) is 0.984. The first-order chi connectivity index (χ1) is 14.9. The van der Waals surface area contributed by atoms with Crippen molar-refractivity contribution < 1.29 is 33.6 Å². The number of anilines is 2. The van der Waals surface area contributed by atoms with Crippen LogP contribution >= 0.6 is 0 Å². The van der Waals surface area contributed by atoms with Crippen molar-refractivity contribution in [3.63, 3.8) is 0 Å². The van der Waals surface area contributed by atoms with E-state index in [0.29, 0.717) is 39.9 Å². The van der Waals surface area contributed by atoms with Gasteiger partial charge in [0.15, 0.2) is 11.5 Å². The number of aliphatic hydroxyl groups is 1. The molecule has 2 aromatic carbocycles. The molecule has 1 aliphatic heterocycles. The molecule has 1 heterocycles. The fourth-order valence-corrected chi connectivity index (χ4v) is 3.58. The minimum atomic E-state index is -1.03. The van der Waals surface area contributed by atoms with E-state index in [4.69, 9.17) is 24.7 Å². The molecule has 1 aliphatic rings. The molecular formula is C21H25N3O7. The van der Waals surface area contributed by atoms with Crippen LogP contribution in [0.2, 0.25) is 0 Å². The number of carbonyl (C=O) groups is 2. The zero-order valence-corrected chi connectivity index (χ0v) is 17.7. The van der Waals surface area contributed by atoms with Crippen molar-refractivity contribution in [2.75, 3.05) is 52.2 Å². The second kappa shape index (κ2) is 9.00. The first kappa shape index (κ1) is 22.0. The van der Waals surface area contributed by atoms with Gasteiger partial charge >= 0.3 is 6.03 Å². The quantitative estimate of drug-likeness (QED) is 0.479. The summed E-state index contributed by atoms with van der Waals surface area (Å²) in [6.45, 7) is -0.501. The summed E-state index contributed by atoms with van der Waals surface area (Å²) in [6, 6.07) is 6.41. The van der Waals surface area contributed by atoms with Crippen LogP contribution in [0.25, 0.3) is 0 Å². The highest BCUT2D eigenvalue weighted by molar-refractivity contribution is 6.14. The number of urea groups is 1. The van der Waals surface area contributed by atoms with Crippen molar-refractivity contribution >= 4 is 23.3 Å². The summed E-state index contributed by atoms with van der Waals surface area (Å²) in [6.07, 6.45) is 0. The first-order valence-electron chi connectivity index (χ1n) is 9.40. The molecule has 1 unspecified atom stereocenters. The lowest BCUT2D eigenvalue weighted by Crippen LogP contribution is -2.35. The Kier molecular flexibility index (Phi) is 6.40. The minimum absolute atomic E-state index is 0.138. The number of rotatable bonds is 8. The predicted molar refractivity (Wildman–Crippen MR) is 113 cm³/mol. The number of ether oxygens (including phenoxy) is 4. The topological polar surface area (TPSA) is 124 Å². The van der Waals surface area contributed by atoms with Crippen LogP contribution in [0, 0.1) is 0 Å². The summed E-state index contributed by atoms with van der Waals surface area (Å²) in [5.41, 5.74) is 7.18. The van der Waals surface area contributed by atoms with Crippen molar-refractivity contribution in [1.82, 2.24) is 4.90 Å². The Morgan fingerprint density at radius 1 is 0.935 bits per heavy atom. The highest BCUT2D eigenvalue weighted by atomic mass is 16.5. The van der Waals surface area contributed by atoms with E-state index in [-0.39, 0.29) is 13.2 Å². The Bertz CT molecular complexity index is 970. The van der Waals surface area contributed by atoms with Gasteiger partial charge in [-0.15, -0.1) is 0 Å². The fourth-order valence-electron chi connectivity index (χ4n) is 3.58. The standard InChI is InChI=1S/C21H25N3O7/c1-28-15-6-5-13(11-14(15)22)24-18(20(26)23(7-8-25)21(24)27)12-9-16(29-2)19(31-4)17(10-12)30-3/h5-6,9-11,18,25H,7-8,22H2,1-4H3. The van der Waals surface area contributed by atoms with Crippen LogP contribution in [0.5, 0.6) is 23.0 Å². The number of imide groups is 1. The van der Waals surface area contributed by atoms with Crippen LogP contribution in [0.3, 0.4) is 0 Å². The second-order valence-electron chi connectivity index (χ2n) is 6.65. The maximum Gasteiger partial charge on any atom is 0.332 e. The number of benzene rings is 2. The van der Waals surface area contributed by atoms with Gasteiger partial charge in [-0.25, -0.2) is 4.79 Å². The van der Waals surface area contributed by atoms with E-state index in [1.165, 1.54) is 33.3 Å². The fraction of sp³-hybridized carbons (Fsp3) is 0.333. The van der Waals surface area contributed by atoms with Crippen LogP contribution < -0.4 is 29.6 Å². The molecule has 3 amide bonds. The van der Waals surface area contributed by atoms with Gasteiger partial charge in [-0.3, -0.25) is 14.6 Å². The maximum atomic E-state index is 13.2. The number of methoxy groups -OCH3 is 4. The Morgan fingerprint density at radius 2 is 1.55 bits per heavy atom.